The Hall–Kier alpha value is -2.79. The van der Waals surface area contributed by atoms with Gasteiger partial charge in [-0.3, -0.25) is 4.79 Å². The van der Waals surface area contributed by atoms with Gasteiger partial charge in [-0.2, -0.15) is 0 Å². The number of benzene rings is 2. The Morgan fingerprint density at radius 3 is 2.62 bits per heavy atom. The van der Waals surface area contributed by atoms with Gasteiger partial charge in [-0.05, 0) is 50.5 Å². The third kappa shape index (κ3) is 5.39. The lowest BCUT2D eigenvalue weighted by Gasteiger charge is -2.14. The Morgan fingerprint density at radius 2 is 1.90 bits per heavy atom. The smallest absolute Gasteiger partial charge is 0.336 e. The van der Waals surface area contributed by atoms with Gasteiger partial charge in [-0.1, -0.05) is 29.8 Å². The zero-order chi connectivity index (χ0) is 21.0. The van der Waals surface area contributed by atoms with Crippen molar-refractivity contribution in [3.8, 4) is 5.75 Å². The first-order valence-corrected chi connectivity index (χ1v) is 9.84. The highest BCUT2D eigenvalue weighted by atomic mass is 35.5. The van der Waals surface area contributed by atoms with E-state index in [1.807, 2.05) is 45.0 Å². The molecular formula is C23H23ClO5. The lowest BCUT2D eigenvalue weighted by atomic mass is 10.0. The average Bonchev–Trinajstić information content (AvgIpc) is 2.65. The summed E-state index contributed by atoms with van der Waals surface area (Å²) >= 11 is 6.22. The first-order chi connectivity index (χ1) is 13.8. The molecule has 0 radical (unpaired) electrons. The number of carbonyl (C=O) groups is 1. The third-order valence-electron chi connectivity index (χ3n) is 4.44. The zero-order valence-electron chi connectivity index (χ0n) is 16.7. The summed E-state index contributed by atoms with van der Waals surface area (Å²) in [6.45, 7) is 5.74. The molecule has 0 saturated carbocycles. The van der Waals surface area contributed by atoms with Crippen molar-refractivity contribution in [3.05, 3.63) is 74.6 Å². The number of fused-ring (bicyclic) bond motifs is 1. The number of carbonyl (C=O) groups excluding carboxylic acids is 1. The Labute approximate surface area is 174 Å². The summed E-state index contributed by atoms with van der Waals surface area (Å²) in [7, 11) is 0. The standard InChI is InChI=1S/C23H23ClO5/c1-14(2)28-22(25)9-8-16-11-18-15(3)10-23(26)29-21(18)12-20(16)27-13-17-6-4-5-7-19(17)24/h4-7,10-12,14H,8-9,13H2,1-3H3. The summed E-state index contributed by atoms with van der Waals surface area (Å²) in [6, 6.07) is 12.5. The zero-order valence-corrected chi connectivity index (χ0v) is 17.4. The number of halogens is 1. The van der Waals surface area contributed by atoms with E-state index in [1.165, 1.54) is 6.07 Å². The van der Waals surface area contributed by atoms with Crippen molar-refractivity contribution in [1.82, 2.24) is 0 Å². The van der Waals surface area contributed by atoms with Gasteiger partial charge in [0.05, 0.1) is 6.10 Å². The molecule has 0 atom stereocenters. The number of ether oxygens (including phenoxy) is 2. The Morgan fingerprint density at radius 1 is 1.14 bits per heavy atom. The van der Waals surface area contributed by atoms with Gasteiger partial charge in [0.2, 0.25) is 0 Å². The molecule has 0 fully saturated rings. The van der Waals surface area contributed by atoms with Crippen LogP contribution in [0.5, 0.6) is 5.75 Å². The van der Waals surface area contributed by atoms with E-state index in [2.05, 4.69) is 0 Å². The van der Waals surface area contributed by atoms with Crippen LogP contribution >= 0.6 is 11.6 Å². The second kappa shape index (κ2) is 9.14. The molecule has 0 aliphatic carbocycles. The Bertz CT molecular complexity index is 1080. The van der Waals surface area contributed by atoms with E-state index < -0.39 is 5.63 Å². The van der Waals surface area contributed by atoms with E-state index in [0.717, 1.165) is 22.1 Å². The number of rotatable bonds is 7. The molecule has 6 heteroatoms. The fraction of sp³-hybridized carbons (Fsp3) is 0.304. The van der Waals surface area contributed by atoms with Crippen molar-refractivity contribution < 1.29 is 18.7 Å². The summed E-state index contributed by atoms with van der Waals surface area (Å²) in [5, 5.41) is 1.42. The SMILES string of the molecule is Cc1cc(=O)oc2cc(OCc3ccccc3Cl)c(CCC(=O)OC(C)C)cc12. The molecule has 0 aliphatic heterocycles. The minimum Gasteiger partial charge on any atom is -0.488 e. The van der Waals surface area contributed by atoms with E-state index in [1.54, 1.807) is 12.1 Å². The van der Waals surface area contributed by atoms with Crippen molar-refractivity contribution in [2.24, 2.45) is 0 Å². The molecule has 152 valence electrons. The highest BCUT2D eigenvalue weighted by Crippen LogP contribution is 2.30. The van der Waals surface area contributed by atoms with Crippen molar-refractivity contribution >= 4 is 28.5 Å². The minimum atomic E-state index is -0.416. The molecule has 1 heterocycles. The van der Waals surface area contributed by atoms with Crippen LogP contribution < -0.4 is 10.4 Å². The van der Waals surface area contributed by atoms with Gasteiger partial charge >= 0.3 is 11.6 Å². The van der Waals surface area contributed by atoms with Gasteiger partial charge in [-0.25, -0.2) is 4.79 Å². The molecule has 0 spiro atoms. The number of hydrogen-bond acceptors (Lipinski definition) is 5. The van der Waals surface area contributed by atoms with Crippen molar-refractivity contribution in [3.63, 3.8) is 0 Å². The van der Waals surface area contributed by atoms with Gasteiger partial charge in [0.15, 0.2) is 0 Å². The van der Waals surface area contributed by atoms with E-state index in [0.29, 0.717) is 22.8 Å². The summed E-state index contributed by atoms with van der Waals surface area (Å²) in [6.07, 6.45) is 0.506. The van der Waals surface area contributed by atoms with Crippen LogP contribution in [-0.4, -0.2) is 12.1 Å². The highest BCUT2D eigenvalue weighted by molar-refractivity contribution is 6.31. The topological polar surface area (TPSA) is 65.7 Å². The first-order valence-electron chi connectivity index (χ1n) is 9.46. The second-order valence-corrected chi connectivity index (χ2v) is 7.53. The van der Waals surface area contributed by atoms with Gasteiger partial charge in [0.25, 0.3) is 0 Å². The summed E-state index contributed by atoms with van der Waals surface area (Å²) in [4.78, 5) is 23.8. The largest absolute Gasteiger partial charge is 0.488 e. The summed E-state index contributed by atoms with van der Waals surface area (Å²) < 4.78 is 16.6. The molecular weight excluding hydrogens is 392 g/mol. The van der Waals surface area contributed by atoms with Crippen LogP contribution in [0.3, 0.4) is 0 Å². The molecule has 1 aromatic heterocycles. The van der Waals surface area contributed by atoms with Gasteiger partial charge in [0, 0.05) is 34.5 Å². The van der Waals surface area contributed by atoms with Gasteiger partial charge in [0.1, 0.15) is 17.9 Å². The molecule has 5 nitrogen and oxygen atoms in total. The van der Waals surface area contributed by atoms with Gasteiger partial charge < -0.3 is 13.9 Å². The molecule has 0 bridgehead atoms. The lowest BCUT2D eigenvalue weighted by Crippen LogP contribution is -2.12. The molecule has 0 aliphatic rings. The molecule has 0 N–H and O–H groups in total. The molecule has 0 amide bonds. The second-order valence-electron chi connectivity index (χ2n) is 7.12. The van der Waals surface area contributed by atoms with Crippen LogP contribution in [0.15, 0.2) is 51.7 Å². The fourth-order valence-corrected chi connectivity index (χ4v) is 3.24. The van der Waals surface area contributed by atoms with Crippen LogP contribution in [0.1, 0.15) is 37.0 Å². The Balaban J connectivity index is 1.92. The lowest BCUT2D eigenvalue weighted by molar-refractivity contribution is -0.147. The maximum absolute atomic E-state index is 12.0. The molecule has 3 aromatic rings. The first kappa shape index (κ1) is 20.9. The van der Waals surface area contributed by atoms with E-state index in [-0.39, 0.29) is 25.1 Å². The third-order valence-corrected chi connectivity index (χ3v) is 4.81. The molecule has 2 aromatic carbocycles. The quantitative estimate of drug-likeness (QED) is 0.391. The summed E-state index contributed by atoms with van der Waals surface area (Å²) in [5.41, 5.74) is 2.50. The van der Waals surface area contributed by atoms with Crippen molar-refractivity contribution in [1.29, 1.82) is 0 Å². The van der Waals surface area contributed by atoms with Crippen LogP contribution in [0.2, 0.25) is 5.02 Å². The number of esters is 1. The van der Waals surface area contributed by atoms with Crippen LogP contribution in [0.4, 0.5) is 0 Å². The van der Waals surface area contributed by atoms with E-state index >= 15 is 0 Å². The Kier molecular flexibility index (Phi) is 6.60. The average molecular weight is 415 g/mol. The molecule has 29 heavy (non-hydrogen) atoms. The monoisotopic (exact) mass is 414 g/mol. The number of aryl methyl sites for hydroxylation is 2. The van der Waals surface area contributed by atoms with Crippen molar-refractivity contribution in [2.75, 3.05) is 0 Å². The molecule has 0 saturated heterocycles. The van der Waals surface area contributed by atoms with Crippen LogP contribution in [0, 0.1) is 6.92 Å². The molecule has 3 rings (SSSR count). The molecule has 0 unspecified atom stereocenters. The van der Waals surface area contributed by atoms with E-state index in [9.17, 15) is 9.59 Å². The predicted molar refractivity (Wildman–Crippen MR) is 113 cm³/mol. The highest BCUT2D eigenvalue weighted by Gasteiger charge is 2.14. The summed E-state index contributed by atoms with van der Waals surface area (Å²) in [5.74, 6) is 0.275. The fourth-order valence-electron chi connectivity index (χ4n) is 3.05. The maximum Gasteiger partial charge on any atom is 0.336 e. The van der Waals surface area contributed by atoms with Crippen molar-refractivity contribution in [2.45, 2.75) is 46.3 Å². The van der Waals surface area contributed by atoms with Crippen LogP contribution in [-0.2, 0) is 22.6 Å². The van der Waals surface area contributed by atoms with E-state index in [4.69, 9.17) is 25.5 Å². The van der Waals surface area contributed by atoms with Gasteiger partial charge in [-0.15, -0.1) is 0 Å². The number of hydrogen-bond donors (Lipinski definition) is 0. The maximum atomic E-state index is 12.0. The predicted octanol–water partition coefficient (Wildman–Crippen LogP) is 5.22. The van der Waals surface area contributed by atoms with Crippen LogP contribution in [0.25, 0.3) is 11.0 Å². The normalized spacial score (nSPS) is 11.1. The minimum absolute atomic E-state index is 0.161.